The fourth-order valence-corrected chi connectivity index (χ4v) is 5.08. The Morgan fingerprint density at radius 1 is 1.34 bits per heavy atom. The second-order valence-corrected chi connectivity index (χ2v) is 10.1. The van der Waals surface area contributed by atoms with E-state index in [1.807, 2.05) is 24.3 Å². The molecule has 0 bridgehead atoms. The first kappa shape index (κ1) is 21.3. The van der Waals surface area contributed by atoms with Crippen LogP contribution < -0.4 is 0 Å². The van der Waals surface area contributed by atoms with Crippen LogP contribution in [0.4, 0.5) is 4.39 Å². The molecule has 0 radical (unpaired) electrons. The Morgan fingerprint density at radius 2 is 2.07 bits per heavy atom. The van der Waals surface area contributed by atoms with Gasteiger partial charge in [-0.1, -0.05) is 12.1 Å². The summed E-state index contributed by atoms with van der Waals surface area (Å²) in [6.45, 7) is -0.643. The zero-order valence-electron chi connectivity index (χ0n) is 16.7. The van der Waals surface area contributed by atoms with Gasteiger partial charge in [0.15, 0.2) is 9.84 Å². The van der Waals surface area contributed by atoms with Gasteiger partial charge in [0.1, 0.15) is 11.6 Å². The lowest BCUT2D eigenvalue weighted by molar-refractivity contribution is -0.111. The van der Waals surface area contributed by atoms with E-state index in [2.05, 4.69) is 0 Å². The third kappa shape index (κ3) is 5.13. The Kier molecular flexibility index (Phi) is 6.23. The van der Waals surface area contributed by atoms with Crippen LogP contribution in [-0.4, -0.2) is 45.6 Å². The highest BCUT2D eigenvalue weighted by Crippen LogP contribution is 2.44. The zero-order valence-corrected chi connectivity index (χ0v) is 17.6. The summed E-state index contributed by atoms with van der Waals surface area (Å²) in [6, 6.07) is 5.84. The van der Waals surface area contributed by atoms with E-state index in [0.717, 1.165) is 35.1 Å². The van der Waals surface area contributed by atoms with Crippen molar-refractivity contribution in [2.24, 2.45) is 0 Å². The summed E-state index contributed by atoms with van der Waals surface area (Å²) < 4.78 is 37.2. The summed E-state index contributed by atoms with van der Waals surface area (Å²) in [5.74, 6) is -0.210. The maximum Gasteiger partial charge on any atom is 0.201 e. The van der Waals surface area contributed by atoms with Crippen LogP contribution in [0.3, 0.4) is 0 Å². The normalized spacial score (nSPS) is 16.2. The van der Waals surface area contributed by atoms with Crippen LogP contribution in [0.25, 0.3) is 6.08 Å². The first-order valence-corrected chi connectivity index (χ1v) is 11.5. The predicted molar refractivity (Wildman–Crippen MR) is 111 cm³/mol. The molecule has 0 spiro atoms. The molecule has 0 N–H and O–H groups in total. The van der Waals surface area contributed by atoms with Gasteiger partial charge in [0.05, 0.1) is 18.2 Å². The van der Waals surface area contributed by atoms with Gasteiger partial charge in [0, 0.05) is 32.3 Å². The molecule has 2 aliphatic carbocycles. The molecule has 1 aromatic rings. The molecule has 5 nitrogen and oxygen atoms in total. The van der Waals surface area contributed by atoms with Crippen molar-refractivity contribution < 1.29 is 17.6 Å². The Morgan fingerprint density at radius 3 is 2.66 bits per heavy atom. The number of hydrogen-bond donors (Lipinski definition) is 0. The van der Waals surface area contributed by atoms with Crippen molar-refractivity contribution in [3.63, 3.8) is 0 Å². The Labute approximate surface area is 171 Å². The first-order chi connectivity index (χ1) is 13.7. The van der Waals surface area contributed by atoms with Gasteiger partial charge in [0.25, 0.3) is 0 Å². The van der Waals surface area contributed by atoms with Gasteiger partial charge in [0.2, 0.25) is 5.78 Å². The van der Waals surface area contributed by atoms with E-state index in [9.17, 15) is 22.9 Å². The molecule has 3 rings (SSSR count). The fraction of sp³-hybridized carbons (Fsp3) is 0.455. The summed E-state index contributed by atoms with van der Waals surface area (Å²) in [4.78, 5) is 14.4. The maximum atomic E-state index is 12.7. The minimum atomic E-state index is -3.38. The molecule has 154 valence electrons. The molecule has 2 aliphatic rings. The number of carbonyl (C=O) groups excluding carboxylic acids is 1. The van der Waals surface area contributed by atoms with Gasteiger partial charge in [-0.05, 0) is 53.5 Å². The van der Waals surface area contributed by atoms with Crippen LogP contribution in [0.1, 0.15) is 47.4 Å². The smallest absolute Gasteiger partial charge is 0.201 e. The van der Waals surface area contributed by atoms with Gasteiger partial charge >= 0.3 is 0 Å². The fourth-order valence-electron chi connectivity index (χ4n) is 3.66. The third-order valence-corrected chi connectivity index (χ3v) is 6.80. The molecule has 1 aromatic carbocycles. The molecule has 7 heteroatoms. The number of nitrogens with zero attached hydrogens (tertiary/aromatic N) is 2. The SMILES string of the molecule is CN(C)/C=C(\C#N)C(=O)C1=Cc2cc(C3CC3)c(CS(=O)(=O)CCCF)cc2C1. The minimum absolute atomic E-state index is 0.0153. The molecule has 1 fully saturated rings. The van der Waals surface area contributed by atoms with Crippen LogP contribution in [0.2, 0.25) is 0 Å². The minimum Gasteiger partial charge on any atom is -0.382 e. The van der Waals surface area contributed by atoms with Crippen molar-refractivity contribution in [2.75, 3.05) is 26.5 Å². The topological polar surface area (TPSA) is 78.2 Å². The van der Waals surface area contributed by atoms with Gasteiger partial charge in [-0.25, -0.2) is 8.42 Å². The van der Waals surface area contributed by atoms with E-state index < -0.39 is 16.5 Å². The van der Waals surface area contributed by atoms with E-state index in [1.165, 1.54) is 6.20 Å². The Balaban J connectivity index is 1.89. The van der Waals surface area contributed by atoms with Crippen LogP contribution >= 0.6 is 0 Å². The summed E-state index contributed by atoms with van der Waals surface area (Å²) in [5.41, 5.74) is 4.20. The summed E-state index contributed by atoms with van der Waals surface area (Å²) in [7, 11) is 0.115. The van der Waals surface area contributed by atoms with E-state index in [4.69, 9.17) is 0 Å². The highest BCUT2D eigenvalue weighted by Gasteiger charge is 2.30. The highest BCUT2D eigenvalue weighted by atomic mass is 32.2. The molecule has 0 atom stereocenters. The van der Waals surface area contributed by atoms with Crippen molar-refractivity contribution >= 4 is 21.7 Å². The number of halogens is 1. The van der Waals surface area contributed by atoms with Crippen molar-refractivity contribution in [3.8, 4) is 6.07 Å². The predicted octanol–water partition coefficient (Wildman–Crippen LogP) is 3.32. The molecular weight excluding hydrogens is 391 g/mol. The number of fused-ring (bicyclic) bond motifs is 1. The van der Waals surface area contributed by atoms with Crippen molar-refractivity contribution in [1.82, 2.24) is 4.90 Å². The second-order valence-electron chi connectivity index (χ2n) is 7.95. The number of rotatable bonds is 9. The van der Waals surface area contributed by atoms with Crippen molar-refractivity contribution in [2.45, 2.75) is 37.4 Å². The summed E-state index contributed by atoms with van der Waals surface area (Å²) in [6.07, 6.45) is 5.76. The lowest BCUT2D eigenvalue weighted by Crippen LogP contribution is -2.12. The average Bonchev–Trinajstić information content (AvgIpc) is 3.42. The van der Waals surface area contributed by atoms with Crippen LogP contribution in [0.15, 0.2) is 29.5 Å². The standard InChI is InChI=1S/C22H25FN2O3S/c1-25(2)13-20(12-24)22(26)18-8-16-10-19(14-29(27,28)7-3-6-23)21(15-4-5-15)11-17(16)9-18/h9-11,13,15H,3-8,14H2,1-2H3/b20-13+. The van der Waals surface area contributed by atoms with Crippen molar-refractivity contribution in [3.05, 3.63) is 51.7 Å². The van der Waals surface area contributed by atoms with E-state index in [-0.39, 0.29) is 29.3 Å². The molecule has 0 aliphatic heterocycles. The maximum absolute atomic E-state index is 12.7. The van der Waals surface area contributed by atoms with Crippen LogP contribution in [0, 0.1) is 11.3 Å². The number of ketones is 1. The molecule has 29 heavy (non-hydrogen) atoms. The number of allylic oxidation sites excluding steroid dienone is 2. The van der Waals surface area contributed by atoms with Gasteiger partial charge in [-0.15, -0.1) is 0 Å². The van der Waals surface area contributed by atoms with Crippen LogP contribution in [-0.2, 0) is 26.8 Å². The van der Waals surface area contributed by atoms with Crippen LogP contribution in [0.5, 0.6) is 0 Å². The third-order valence-electron chi connectivity index (χ3n) is 5.14. The Bertz CT molecular complexity index is 1030. The van der Waals surface area contributed by atoms with Gasteiger partial charge in [-0.2, -0.15) is 5.26 Å². The summed E-state index contributed by atoms with van der Waals surface area (Å²) >= 11 is 0. The zero-order chi connectivity index (χ0) is 21.2. The number of benzene rings is 1. The van der Waals surface area contributed by atoms with E-state index in [1.54, 1.807) is 19.0 Å². The second kappa shape index (κ2) is 8.50. The molecular formula is C22H25FN2O3S. The monoisotopic (exact) mass is 416 g/mol. The quantitative estimate of drug-likeness (QED) is 0.456. The molecule has 0 aromatic heterocycles. The molecule has 0 heterocycles. The molecule has 1 saturated carbocycles. The van der Waals surface area contributed by atoms with E-state index >= 15 is 0 Å². The summed E-state index contributed by atoms with van der Waals surface area (Å²) in [5, 5.41) is 9.30. The number of Topliss-reactive ketones (excluding diaryl/α,β-unsaturated/α-hetero) is 1. The Hall–Kier alpha value is -2.46. The number of sulfone groups is 1. The van der Waals surface area contributed by atoms with E-state index in [0.29, 0.717) is 17.9 Å². The number of hydrogen-bond acceptors (Lipinski definition) is 5. The number of alkyl halides is 1. The molecule has 0 saturated heterocycles. The molecule has 0 amide bonds. The lowest BCUT2D eigenvalue weighted by Gasteiger charge is -2.12. The number of nitriles is 1. The molecule has 0 unspecified atom stereocenters. The highest BCUT2D eigenvalue weighted by molar-refractivity contribution is 7.90. The largest absolute Gasteiger partial charge is 0.382 e. The van der Waals surface area contributed by atoms with Crippen molar-refractivity contribution in [1.29, 1.82) is 5.26 Å². The van der Waals surface area contributed by atoms with Gasteiger partial charge in [-0.3, -0.25) is 9.18 Å². The lowest BCUT2D eigenvalue weighted by atomic mass is 9.97. The first-order valence-electron chi connectivity index (χ1n) is 9.69. The number of carbonyl (C=O) groups is 1. The van der Waals surface area contributed by atoms with Gasteiger partial charge < -0.3 is 4.90 Å². The average molecular weight is 417 g/mol.